The second kappa shape index (κ2) is 79.0. The molecule has 0 aliphatic carbocycles. The van der Waals surface area contributed by atoms with E-state index in [0.717, 1.165) is 173 Å². The summed E-state index contributed by atoms with van der Waals surface area (Å²) in [5, 5.41) is 10.7. The maximum absolute atomic E-state index is 13.1. The van der Waals surface area contributed by atoms with Gasteiger partial charge in [0.05, 0.1) is 26.4 Å². The average Bonchev–Trinajstić information content (AvgIpc) is 0.900. The van der Waals surface area contributed by atoms with Crippen LogP contribution in [0, 0.1) is 0 Å². The number of aliphatic hydroxyl groups is 1. The Balaban J connectivity index is 5.51. The fraction of sp³-hybridized carbons (Fsp3) is 0.596. The molecule has 5 unspecified atom stereocenters. The van der Waals surface area contributed by atoms with E-state index < -0.39 is 97.5 Å². The summed E-state index contributed by atoms with van der Waals surface area (Å²) in [6.07, 6.45) is 97.0. The molecule has 0 saturated heterocycles. The molecule has 0 bridgehead atoms. The van der Waals surface area contributed by atoms with Gasteiger partial charge in [-0.1, -0.05) is 273 Å². The highest BCUT2D eigenvalue weighted by Crippen LogP contribution is 2.45. The number of phosphoric acid groups is 2. The Hall–Kier alpha value is -6.10. The Bertz CT molecular complexity index is 2810. The SMILES string of the molecule is CC/C=C\C/C=C\C/C=C\C/C=C\C/C=C\CCCC(=O)OC(COC(=O)CCCCCCCC/C=C\C/C=C\C/C=C\CCCCC)COP(=O)(O)OCC(O)COP(=O)(O)OCC(COC(=O)CCCCCC/C=C\C/C=C\C/C=C\C/C=C\CC)OC(=O)CCCC/C=C\C/C=C\C/C=C\C/C=C\CC. The molecule has 0 aliphatic rings. The molecule has 3 N–H and O–H groups in total. The van der Waals surface area contributed by atoms with Crippen LogP contribution < -0.4 is 0 Å². The fourth-order valence-corrected chi connectivity index (χ4v) is 11.5. The molecular weight excluding hydrogens is 1400 g/mol. The van der Waals surface area contributed by atoms with Gasteiger partial charge in [0.1, 0.15) is 19.3 Å². The highest BCUT2D eigenvalue weighted by Gasteiger charge is 2.30. The monoisotopic (exact) mass is 1540 g/mol. The van der Waals surface area contributed by atoms with Gasteiger partial charge < -0.3 is 33.8 Å². The standard InChI is InChI=1S/C89H142O17P2/c1-5-9-13-17-21-25-29-33-37-40-41-44-47-50-54-58-62-66-70-74-87(92)100-80-85(106-89(94)76-72-68-64-60-56-52-48-43-39-35-31-27-23-19-15-11-7-3)82-104-108(97,98)102-78-83(90)77-101-107(95,96)103-81-84(105-88(93)75-71-67-63-59-55-51-45-36-32-28-24-20-16-12-8-4)79-99-86(91)73-69-65-61-57-53-49-46-42-38-34-30-26-22-18-14-10-6-2/h10-12,14-16,21-28,33-39,41,44-46,48-49,52,55,59-60,64,83-85,90H,5-9,13,17-20,29-32,40,42-43,47,50-51,53-54,56-58,61-63,65-82H2,1-4H3,(H,95,96)(H,97,98)/b14-10-,15-11-,16-12-,25-21-,26-22-,27-23-,28-24-,37-33-,38-34-,39-35-,44-41-,45-36-,49-46-,52-48-,59-55-,64-60-. The van der Waals surface area contributed by atoms with Crippen LogP contribution in [0.15, 0.2) is 194 Å². The molecule has 610 valence electrons. The fourth-order valence-electron chi connectivity index (χ4n) is 9.95. The van der Waals surface area contributed by atoms with E-state index in [1.807, 2.05) is 12.2 Å². The largest absolute Gasteiger partial charge is 0.472 e. The van der Waals surface area contributed by atoms with Crippen molar-refractivity contribution in [1.82, 2.24) is 0 Å². The summed E-state index contributed by atoms with van der Waals surface area (Å²) in [6, 6.07) is 0. The zero-order chi connectivity index (χ0) is 78.9. The van der Waals surface area contributed by atoms with Gasteiger partial charge >= 0.3 is 39.5 Å². The molecule has 0 aromatic rings. The zero-order valence-electron chi connectivity index (χ0n) is 66.7. The molecule has 0 amide bonds. The summed E-state index contributed by atoms with van der Waals surface area (Å²) in [5.41, 5.74) is 0. The lowest BCUT2D eigenvalue weighted by Crippen LogP contribution is -2.30. The van der Waals surface area contributed by atoms with Gasteiger partial charge in [0, 0.05) is 25.7 Å². The van der Waals surface area contributed by atoms with Crippen LogP contribution in [0.4, 0.5) is 0 Å². The van der Waals surface area contributed by atoms with Crippen molar-refractivity contribution in [2.45, 2.75) is 303 Å². The molecule has 0 aliphatic heterocycles. The summed E-state index contributed by atoms with van der Waals surface area (Å²) in [7, 11) is -10.0. The van der Waals surface area contributed by atoms with Crippen LogP contribution in [-0.4, -0.2) is 96.7 Å². The van der Waals surface area contributed by atoms with Gasteiger partial charge in [-0.15, -0.1) is 0 Å². The second-order valence-electron chi connectivity index (χ2n) is 26.2. The number of hydrogen-bond donors (Lipinski definition) is 3. The number of carbonyl (C=O) groups is 4. The van der Waals surface area contributed by atoms with Crippen molar-refractivity contribution in [1.29, 1.82) is 0 Å². The average molecular weight is 1550 g/mol. The van der Waals surface area contributed by atoms with Crippen molar-refractivity contribution in [3.63, 3.8) is 0 Å². The predicted octanol–water partition coefficient (Wildman–Crippen LogP) is 24.1. The van der Waals surface area contributed by atoms with Crippen LogP contribution in [0.3, 0.4) is 0 Å². The minimum Gasteiger partial charge on any atom is -0.462 e. The molecule has 0 saturated carbocycles. The molecule has 17 nitrogen and oxygen atoms in total. The maximum Gasteiger partial charge on any atom is 0.472 e. The zero-order valence-corrected chi connectivity index (χ0v) is 68.5. The highest BCUT2D eigenvalue weighted by molar-refractivity contribution is 7.47. The van der Waals surface area contributed by atoms with Gasteiger partial charge in [-0.25, -0.2) is 9.13 Å². The molecule has 0 heterocycles. The molecule has 0 fully saturated rings. The molecule has 5 atom stereocenters. The summed E-state index contributed by atoms with van der Waals surface area (Å²) in [4.78, 5) is 73.1. The first-order valence-electron chi connectivity index (χ1n) is 40.7. The third kappa shape index (κ3) is 78.0. The van der Waals surface area contributed by atoms with Gasteiger partial charge in [0.25, 0.3) is 0 Å². The van der Waals surface area contributed by atoms with Gasteiger partial charge in [-0.05, 0) is 180 Å². The van der Waals surface area contributed by atoms with Crippen molar-refractivity contribution in [3.8, 4) is 0 Å². The first kappa shape index (κ1) is 102. The molecule has 108 heavy (non-hydrogen) atoms. The van der Waals surface area contributed by atoms with Crippen molar-refractivity contribution in [3.05, 3.63) is 194 Å². The smallest absolute Gasteiger partial charge is 0.462 e. The number of rotatable bonds is 74. The Morgan fingerprint density at radius 2 is 0.491 bits per heavy atom. The van der Waals surface area contributed by atoms with E-state index >= 15 is 0 Å². The molecule has 0 aromatic carbocycles. The van der Waals surface area contributed by atoms with Gasteiger partial charge in [0.2, 0.25) is 0 Å². The number of aliphatic hydroxyl groups excluding tert-OH is 1. The number of ether oxygens (including phenoxy) is 4. The third-order valence-corrected chi connectivity index (χ3v) is 17.9. The van der Waals surface area contributed by atoms with E-state index in [0.29, 0.717) is 38.5 Å². The van der Waals surface area contributed by atoms with Gasteiger partial charge in [0.15, 0.2) is 12.2 Å². The predicted molar refractivity (Wildman–Crippen MR) is 445 cm³/mol. The van der Waals surface area contributed by atoms with Crippen molar-refractivity contribution in [2.75, 3.05) is 39.6 Å². The summed E-state index contributed by atoms with van der Waals surface area (Å²) in [5.74, 6) is -2.35. The minimum absolute atomic E-state index is 0.00439. The van der Waals surface area contributed by atoms with Crippen LogP contribution in [0.25, 0.3) is 0 Å². The number of allylic oxidation sites excluding steroid dienone is 32. The topological polar surface area (TPSA) is 237 Å². The van der Waals surface area contributed by atoms with Crippen molar-refractivity contribution in [2.24, 2.45) is 0 Å². The van der Waals surface area contributed by atoms with Gasteiger partial charge in [-0.3, -0.25) is 37.3 Å². The molecule has 0 radical (unpaired) electrons. The Morgan fingerprint density at radius 1 is 0.269 bits per heavy atom. The lowest BCUT2D eigenvalue weighted by Gasteiger charge is -2.21. The van der Waals surface area contributed by atoms with Crippen LogP contribution >= 0.6 is 15.6 Å². The molecule has 0 aromatic heterocycles. The summed E-state index contributed by atoms with van der Waals surface area (Å²) in [6.45, 7) is 4.33. The Labute approximate surface area is 653 Å². The maximum atomic E-state index is 13.1. The van der Waals surface area contributed by atoms with Crippen LogP contribution in [0.5, 0.6) is 0 Å². The first-order chi connectivity index (χ1) is 52.7. The van der Waals surface area contributed by atoms with E-state index in [9.17, 15) is 43.2 Å². The van der Waals surface area contributed by atoms with Gasteiger partial charge in [-0.2, -0.15) is 0 Å². The molecule has 19 heteroatoms. The molecule has 0 rings (SSSR count). The van der Waals surface area contributed by atoms with Crippen LogP contribution in [-0.2, 0) is 65.4 Å². The van der Waals surface area contributed by atoms with Crippen molar-refractivity contribution >= 4 is 39.5 Å². The van der Waals surface area contributed by atoms with Crippen LogP contribution in [0.2, 0.25) is 0 Å². The lowest BCUT2D eigenvalue weighted by molar-refractivity contribution is -0.161. The minimum atomic E-state index is -5.01. The van der Waals surface area contributed by atoms with E-state index in [2.05, 4.69) is 210 Å². The van der Waals surface area contributed by atoms with E-state index in [-0.39, 0.29) is 25.7 Å². The van der Waals surface area contributed by atoms with Crippen LogP contribution in [0.1, 0.15) is 285 Å². The van der Waals surface area contributed by atoms with Crippen molar-refractivity contribution < 1.29 is 80.2 Å². The Morgan fingerprint density at radius 3 is 0.796 bits per heavy atom. The third-order valence-electron chi connectivity index (χ3n) is 16.0. The second-order valence-corrected chi connectivity index (χ2v) is 29.1. The summed E-state index contributed by atoms with van der Waals surface area (Å²) < 4.78 is 68.6. The van der Waals surface area contributed by atoms with E-state index in [1.54, 1.807) is 0 Å². The summed E-state index contributed by atoms with van der Waals surface area (Å²) >= 11 is 0. The number of hydrogen-bond acceptors (Lipinski definition) is 15. The normalized spacial score (nSPS) is 14.8. The quantitative estimate of drug-likeness (QED) is 0.0169. The molecule has 0 spiro atoms. The Kier molecular flexibility index (Phi) is 74.5. The number of unbranched alkanes of at least 4 members (excludes halogenated alkanes) is 16. The number of esters is 4. The number of phosphoric ester groups is 2. The highest BCUT2D eigenvalue weighted by atomic mass is 31.2. The first-order valence-corrected chi connectivity index (χ1v) is 43.7. The number of carbonyl (C=O) groups excluding carboxylic acids is 4. The van der Waals surface area contributed by atoms with E-state index in [4.69, 9.17) is 37.0 Å². The van der Waals surface area contributed by atoms with E-state index in [1.165, 1.54) is 19.3 Å². The lowest BCUT2D eigenvalue weighted by atomic mass is 10.1. The molecular formula is C89H142O17P2.